The Morgan fingerprint density at radius 3 is 2.42 bits per heavy atom. The van der Waals surface area contributed by atoms with Gasteiger partial charge in [0.15, 0.2) is 5.16 Å². The SMILES string of the molecule is CC(C)CNC(=O)NC(=O)CSc1nnc(CCC(N)=O)n1CC(C)C. The van der Waals surface area contributed by atoms with Gasteiger partial charge in [0.1, 0.15) is 5.82 Å². The largest absolute Gasteiger partial charge is 0.370 e. The van der Waals surface area contributed by atoms with E-state index in [4.69, 9.17) is 5.73 Å². The number of primary amides is 1. The lowest BCUT2D eigenvalue weighted by Gasteiger charge is -2.12. The number of nitrogens with two attached hydrogens (primary N) is 1. The average molecular weight is 385 g/mol. The highest BCUT2D eigenvalue weighted by Gasteiger charge is 2.16. The highest BCUT2D eigenvalue weighted by Crippen LogP contribution is 2.19. The first kappa shape index (κ1) is 21.9. The van der Waals surface area contributed by atoms with Crippen LogP contribution >= 0.6 is 11.8 Å². The molecule has 0 aromatic carbocycles. The van der Waals surface area contributed by atoms with Gasteiger partial charge in [-0.1, -0.05) is 39.5 Å². The Bertz CT molecular complexity index is 630. The molecule has 0 saturated heterocycles. The van der Waals surface area contributed by atoms with Crippen molar-refractivity contribution in [2.75, 3.05) is 12.3 Å². The number of imide groups is 1. The van der Waals surface area contributed by atoms with Gasteiger partial charge in [-0.25, -0.2) is 4.79 Å². The molecule has 0 atom stereocenters. The molecule has 0 aliphatic rings. The number of nitrogens with one attached hydrogen (secondary N) is 2. The Labute approximate surface area is 157 Å². The van der Waals surface area contributed by atoms with E-state index >= 15 is 0 Å². The smallest absolute Gasteiger partial charge is 0.321 e. The average Bonchev–Trinajstić information content (AvgIpc) is 2.90. The lowest BCUT2D eigenvalue weighted by Crippen LogP contribution is -2.41. The number of nitrogens with zero attached hydrogens (tertiary/aromatic N) is 3. The van der Waals surface area contributed by atoms with Crippen LogP contribution < -0.4 is 16.4 Å². The minimum Gasteiger partial charge on any atom is -0.370 e. The quantitative estimate of drug-likeness (QED) is 0.514. The Hall–Kier alpha value is -2.10. The molecule has 0 fully saturated rings. The van der Waals surface area contributed by atoms with Crippen LogP contribution in [0.3, 0.4) is 0 Å². The number of hydrogen-bond donors (Lipinski definition) is 3. The molecule has 0 bridgehead atoms. The van der Waals surface area contributed by atoms with Gasteiger partial charge < -0.3 is 15.6 Å². The van der Waals surface area contributed by atoms with Crippen molar-refractivity contribution in [3.05, 3.63) is 5.82 Å². The van der Waals surface area contributed by atoms with Gasteiger partial charge in [-0.3, -0.25) is 14.9 Å². The van der Waals surface area contributed by atoms with E-state index in [-0.39, 0.29) is 12.2 Å². The number of aromatic nitrogens is 3. The normalized spacial score (nSPS) is 11.0. The van der Waals surface area contributed by atoms with E-state index in [9.17, 15) is 14.4 Å². The summed E-state index contributed by atoms with van der Waals surface area (Å²) >= 11 is 1.20. The molecular formula is C16H28N6O3S. The molecule has 0 unspecified atom stereocenters. The molecule has 1 aromatic rings. The summed E-state index contributed by atoms with van der Waals surface area (Å²) in [5.74, 6) is 0.544. The minimum atomic E-state index is -0.505. The fourth-order valence-corrected chi connectivity index (χ4v) is 2.79. The third kappa shape index (κ3) is 8.32. The maximum absolute atomic E-state index is 11.9. The molecule has 0 radical (unpaired) electrons. The Balaban J connectivity index is 2.63. The van der Waals surface area contributed by atoms with Gasteiger partial charge in [0, 0.05) is 25.9 Å². The number of carbonyl (C=O) groups excluding carboxylic acids is 3. The predicted octanol–water partition coefficient (Wildman–Crippen LogP) is 0.926. The zero-order chi connectivity index (χ0) is 19.7. The van der Waals surface area contributed by atoms with E-state index in [0.717, 1.165) is 0 Å². The van der Waals surface area contributed by atoms with Crippen LogP contribution in [0.25, 0.3) is 0 Å². The summed E-state index contributed by atoms with van der Waals surface area (Å²) in [4.78, 5) is 34.5. The van der Waals surface area contributed by atoms with Gasteiger partial charge in [0.25, 0.3) is 0 Å². The highest BCUT2D eigenvalue weighted by atomic mass is 32.2. The second-order valence-electron chi connectivity index (χ2n) is 6.81. The van der Waals surface area contributed by atoms with Crippen LogP contribution in [0.2, 0.25) is 0 Å². The molecule has 10 heteroatoms. The van der Waals surface area contributed by atoms with Crippen LogP contribution in [0.4, 0.5) is 4.79 Å². The maximum Gasteiger partial charge on any atom is 0.321 e. The molecule has 146 valence electrons. The van der Waals surface area contributed by atoms with Gasteiger partial charge in [0.2, 0.25) is 11.8 Å². The summed E-state index contributed by atoms with van der Waals surface area (Å²) in [5, 5.41) is 13.7. The summed E-state index contributed by atoms with van der Waals surface area (Å²) in [6.07, 6.45) is 0.594. The zero-order valence-electron chi connectivity index (χ0n) is 15.7. The summed E-state index contributed by atoms with van der Waals surface area (Å²) in [6, 6.07) is -0.505. The van der Waals surface area contributed by atoms with Gasteiger partial charge in [-0.05, 0) is 11.8 Å². The molecule has 26 heavy (non-hydrogen) atoms. The first-order chi connectivity index (χ1) is 12.2. The van der Waals surface area contributed by atoms with Crippen LogP contribution in [0.15, 0.2) is 5.16 Å². The van der Waals surface area contributed by atoms with Crippen LogP contribution in [-0.4, -0.2) is 44.9 Å². The fraction of sp³-hybridized carbons (Fsp3) is 0.688. The van der Waals surface area contributed by atoms with Crippen molar-refractivity contribution in [3.63, 3.8) is 0 Å². The van der Waals surface area contributed by atoms with Gasteiger partial charge >= 0.3 is 6.03 Å². The first-order valence-corrected chi connectivity index (χ1v) is 9.58. The Kier molecular flexibility index (Phi) is 9.11. The van der Waals surface area contributed by atoms with Crippen molar-refractivity contribution in [2.45, 2.75) is 52.2 Å². The van der Waals surface area contributed by atoms with Crippen molar-refractivity contribution >= 4 is 29.6 Å². The first-order valence-electron chi connectivity index (χ1n) is 8.59. The standard InChI is InChI=1S/C16H28N6O3S/c1-10(2)7-18-15(25)19-14(24)9-26-16-21-20-13(6-5-12(17)23)22(16)8-11(3)4/h10-11H,5-9H2,1-4H3,(H2,17,23)(H2,18,19,24,25). The number of hydrogen-bond acceptors (Lipinski definition) is 6. The van der Waals surface area contributed by atoms with Gasteiger partial charge in [-0.2, -0.15) is 0 Å². The number of carbonyl (C=O) groups is 3. The number of amides is 4. The molecule has 1 aromatic heterocycles. The van der Waals surface area contributed by atoms with Crippen LogP contribution in [0.5, 0.6) is 0 Å². The summed E-state index contributed by atoms with van der Waals surface area (Å²) in [5.41, 5.74) is 5.19. The summed E-state index contributed by atoms with van der Waals surface area (Å²) in [6.45, 7) is 9.21. The number of urea groups is 1. The summed E-state index contributed by atoms with van der Waals surface area (Å²) < 4.78 is 1.89. The van der Waals surface area contributed by atoms with Crippen molar-refractivity contribution in [3.8, 4) is 0 Å². The monoisotopic (exact) mass is 384 g/mol. The summed E-state index contributed by atoms with van der Waals surface area (Å²) in [7, 11) is 0. The zero-order valence-corrected chi connectivity index (χ0v) is 16.6. The van der Waals surface area contributed by atoms with Crippen molar-refractivity contribution in [1.82, 2.24) is 25.4 Å². The molecule has 0 aliphatic heterocycles. The minimum absolute atomic E-state index is 0.0428. The molecular weight excluding hydrogens is 356 g/mol. The van der Waals surface area contributed by atoms with E-state index in [1.165, 1.54) is 11.8 Å². The Morgan fingerprint density at radius 2 is 1.85 bits per heavy atom. The fourth-order valence-electron chi connectivity index (χ4n) is 2.03. The molecule has 0 saturated carbocycles. The second-order valence-corrected chi connectivity index (χ2v) is 7.75. The van der Waals surface area contributed by atoms with Gasteiger partial charge in [0.05, 0.1) is 5.75 Å². The molecule has 1 heterocycles. The molecule has 1 rings (SSSR count). The number of thioether (sulfide) groups is 1. The second kappa shape index (κ2) is 10.8. The Morgan fingerprint density at radius 1 is 1.15 bits per heavy atom. The third-order valence-corrected chi connectivity index (χ3v) is 4.16. The van der Waals surface area contributed by atoms with Crippen molar-refractivity contribution < 1.29 is 14.4 Å². The van der Waals surface area contributed by atoms with E-state index in [2.05, 4.69) is 34.7 Å². The predicted molar refractivity (Wildman–Crippen MR) is 99.5 cm³/mol. The van der Waals surface area contributed by atoms with Crippen LogP contribution in [-0.2, 0) is 22.6 Å². The number of rotatable bonds is 10. The molecule has 4 amide bonds. The van der Waals surface area contributed by atoms with E-state index in [1.54, 1.807) is 0 Å². The topological polar surface area (TPSA) is 132 Å². The van der Waals surface area contributed by atoms with Crippen LogP contribution in [0.1, 0.15) is 39.9 Å². The third-order valence-electron chi connectivity index (χ3n) is 3.19. The lowest BCUT2D eigenvalue weighted by atomic mass is 10.2. The van der Waals surface area contributed by atoms with Crippen molar-refractivity contribution in [1.29, 1.82) is 0 Å². The lowest BCUT2D eigenvalue weighted by molar-refractivity contribution is -0.118. The van der Waals surface area contributed by atoms with Gasteiger partial charge in [-0.15, -0.1) is 10.2 Å². The van der Waals surface area contributed by atoms with E-state index < -0.39 is 17.8 Å². The van der Waals surface area contributed by atoms with Crippen molar-refractivity contribution in [2.24, 2.45) is 17.6 Å². The molecule has 9 nitrogen and oxygen atoms in total. The molecule has 0 aliphatic carbocycles. The van der Waals surface area contributed by atoms with E-state index in [1.807, 2.05) is 18.4 Å². The number of aryl methyl sites for hydroxylation is 1. The molecule has 0 spiro atoms. The van der Waals surface area contributed by atoms with Crippen LogP contribution in [0, 0.1) is 11.8 Å². The van der Waals surface area contributed by atoms with E-state index in [0.29, 0.717) is 42.3 Å². The molecule has 4 N–H and O–H groups in total. The highest BCUT2D eigenvalue weighted by molar-refractivity contribution is 7.99. The maximum atomic E-state index is 11.9.